The molecule has 0 spiro atoms. The molecule has 1 saturated heterocycles. The molecule has 1 aliphatic rings. The summed E-state index contributed by atoms with van der Waals surface area (Å²) in [5, 5.41) is 2.93. The lowest BCUT2D eigenvalue weighted by Crippen LogP contribution is -2.36. The van der Waals surface area contributed by atoms with Crippen molar-refractivity contribution in [2.24, 2.45) is 0 Å². The minimum Gasteiger partial charge on any atom is -0.497 e. The Morgan fingerprint density at radius 3 is 2.48 bits per heavy atom. The number of nitrogens with zero attached hydrogens (tertiary/aromatic N) is 1. The number of hydrogen-bond acceptors (Lipinski definition) is 5. The molecule has 0 aliphatic carbocycles. The van der Waals surface area contributed by atoms with E-state index in [1.54, 1.807) is 31.4 Å². The minimum absolute atomic E-state index is 0.0518. The summed E-state index contributed by atoms with van der Waals surface area (Å²) >= 11 is 0. The molecule has 1 amide bonds. The zero-order valence-electron chi connectivity index (χ0n) is 14.2. The van der Waals surface area contributed by atoms with Gasteiger partial charge in [0.15, 0.2) is 6.61 Å². The molecule has 132 valence electrons. The maximum absolute atomic E-state index is 12.2. The number of ether oxygens (including phenoxy) is 3. The Labute approximate surface area is 147 Å². The Morgan fingerprint density at radius 2 is 1.76 bits per heavy atom. The summed E-state index contributed by atoms with van der Waals surface area (Å²) < 4.78 is 16.0. The average molecular weight is 342 g/mol. The summed E-state index contributed by atoms with van der Waals surface area (Å²) in [5.74, 6) is 1.17. The SMILES string of the molecule is COc1ccc(OCC(=O)Nc2ccccc2N2CCOCC2)cc1. The second-order valence-electron chi connectivity index (χ2n) is 5.63. The first-order chi connectivity index (χ1) is 12.3. The summed E-state index contributed by atoms with van der Waals surface area (Å²) in [6, 6.07) is 14.9. The van der Waals surface area contributed by atoms with Gasteiger partial charge in [0.2, 0.25) is 0 Å². The maximum atomic E-state index is 12.2. The third-order valence-corrected chi connectivity index (χ3v) is 3.96. The fourth-order valence-electron chi connectivity index (χ4n) is 2.67. The average Bonchev–Trinajstić information content (AvgIpc) is 2.68. The van der Waals surface area contributed by atoms with Crippen molar-refractivity contribution in [3.63, 3.8) is 0 Å². The van der Waals surface area contributed by atoms with Crippen LogP contribution in [0.4, 0.5) is 11.4 Å². The zero-order chi connectivity index (χ0) is 17.5. The summed E-state index contributed by atoms with van der Waals surface area (Å²) in [7, 11) is 1.61. The van der Waals surface area contributed by atoms with Crippen LogP contribution in [0.3, 0.4) is 0 Å². The molecule has 0 unspecified atom stereocenters. The first-order valence-corrected chi connectivity index (χ1v) is 8.24. The van der Waals surface area contributed by atoms with Crippen molar-refractivity contribution in [3.05, 3.63) is 48.5 Å². The molecule has 1 aliphatic heterocycles. The third kappa shape index (κ3) is 4.64. The summed E-state index contributed by atoms with van der Waals surface area (Å²) in [6.45, 7) is 2.97. The van der Waals surface area contributed by atoms with Crippen molar-refractivity contribution in [1.82, 2.24) is 0 Å². The number of hydrogen-bond donors (Lipinski definition) is 1. The molecule has 0 aromatic heterocycles. The Morgan fingerprint density at radius 1 is 1.08 bits per heavy atom. The van der Waals surface area contributed by atoms with Gasteiger partial charge in [-0.25, -0.2) is 0 Å². The van der Waals surface area contributed by atoms with E-state index >= 15 is 0 Å². The quantitative estimate of drug-likeness (QED) is 0.874. The predicted octanol–water partition coefficient (Wildman–Crippen LogP) is 2.55. The van der Waals surface area contributed by atoms with E-state index in [0.29, 0.717) is 19.0 Å². The molecule has 0 bridgehead atoms. The fraction of sp³-hybridized carbons (Fsp3) is 0.316. The second-order valence-corrected chi connectivity index (χ2v) is 5.63. The monoisotopic (exact) mass is 342 g/mol. The van der Waals surface area contributed by atoms with E-state index in [4.69, 9.17) is 14.2 Å². The molecular formula is C19H22N2O4. The van der Waals surface area contributed by atoms with Crippen molar-refractivity contribution in [2.45, 2.75) is 0 Å². The van der Waals surface area contributed by atoms with Gasteiger partial charge in [-0.05, 0) is 36.4 Å². The van der Waals surface area contributed by atoms with Crippen LogP contribution < -0.4 is 19.7 Å². The van der Waals surface area contributed by atoms with Crippen molar-refractivity contribution in [2.75, 3.05) is 50.2 Å². The number of amides is 1. The Balaban J connectivity index is 1.58. The molecule has 1 fully saturated rings. The summed E-state index contributed by atoms with van der Waals surface area (Å²) in [4.78, 5) is 14.5. The largest absolute Gasteiger partial charge is 0.497 e. The van der Waals surface area contributed by atoms with Crippen molar-refractivity contribution >= 4 is 17.3 Å². The molecule has 0 atom stereocenters. The van der Waals surface area contributed by atoms with Gasteiger partial charge in [-0.3, -0.25) is 4.79 Å². The molecule has 1 N–H and O–H groups in total. The van der Waals surface area contributed by atoms with Crippen molar-refractivity contribution < 1.29 is 19.0 Å². The van der Waals surface area contributed by atoms with Crippen LogP contribution in [0.15, 0.2) is 48.5 Å². The van der Waals surface area contributed by atoms with Gasteiger partial charge in [-0.15, -0.1) is 0 Å². The van der Waals surface area contributed by atoms with E-state index in [1.807, 2.05) is 24.3 Å². The van der Waals surface area contributed by atoms with Gasteiger partial charge in [0.25, 0.3) is 5.91 Å². The van der Waals surface area contributed by atoms with Gasteiger partial charge in [-0.2, -0.15) is 0 Å². The Bertz CT molecular complexity index is 697. The van der Waals surface area contributed by atoms with E-state index in [-0.39, 0.29) is 12.5 Å². The molecule has 6 nitrogen and oxygen atoms in total. The number of carbonyl (C=O) groups excluding carboxylic acids is 1. The van der Waals surface area contributed by atoms with E-state index in [9.17, 15) is 4.79 Å². The number of benzene rings is 2. The molecule has 0 saturated carbocycles. The van der Waals surface area contributed by atoms with Crippen LogP contribution in [0.25, 0.3) is 0 Å². The third-order valence-electron chi connectivity index (χ3n) is 3.96. The standard InChI is InChI=1S/C19H22N2O4/c1-23-15-6-8-16(9-7-15)25-14-19(22)20-17-4-2-3-5-18(17)21-10-12-24-13-11-21/h2-9H,10-14H2,1H3,(H,20,22). The van der Waals surface area contributed by atoms with Gasteiger partial charge >= 0.3 is 0 Å². The molecular weight excluding hydrogens is 320 g/mol. The fourth-order valence-corrected chi connectivity index (χ4v) is 2.67. The first kappa shape index (κ1) is 17.1. The number of para-hydroxylation sites is 2. The molecule has 0 radical (unpaired) electrons. The molecule has 6 heteroatoms. The molecule has 25 heavy (non-hydrogen) atoms. The Kier molecular flexibility index (Phi) is 5.74. The first-order valence-electron chi connectivity index (χ1n) is 8.24. The number of anilines is 2. The van der Waals surface area contributed by atoms with Crippen molar-refractivity contribution in [1.29, 1.82) is 0 Å². The highest BCUT2D eigenvalue weighted by molar-refractivity contribution is 5.95. The normalized spacial score (nSPS) is 14.0. The molecule has 2 aromatic carbocycles. The second kappa shape index (κ2) is 8.39. The van der Waals surface area contributed by atoms with Gasteiger partial charge in [0, 0.05) is 13.1 Å². The number of carbonyl (C=O) groups is 1. The molecule has 1 heterocycles. The lowest BCUT2D eigenvalue weighted by atomic mass is 10.2. The van der Waals surface area contributed by atoms with Crippen LogP contribution in [-0.2, 0) is 9.53 Å². The molecule has 2 aromatic rings. The van der Waals surface area contributed by atoms with E-state index in [2.05, 4.69) is 10.2 Å². The van der Waals surface area contributed by atoms with Gasteiger partial charge in [0.05, 0.1) is 31.7 Å². The summed E-state index contributed by atoms with van der Waals surface area (Å²) in [6.07, 6.45) is 0. The highest BCUT2D eigenvalue weighted by atomic mass is 16.5. The Hall–Kier alpha value is -2.73. The lowest BCUT2D eigenvalue weighted by Gasteiger charge is -2.30. The van der Waals surface area contributed by atoms with Crippen LogP contribution in [0, 0.1) is 0 Å². The van der Waals surface area contributed by atoms with Crippen LogP contribution in [0.1, 0.15) is 0 Å². The predicted molar refractivity (Wildman–Crippen MR) is 96.6 cm³/mol. The topological polar surface area (TPSA) is 60.0 Å². The van der Waals surface area contributed by atoms with Crippen LogP contribution >= 0.6 is 0 Å². The minimum atomic E-state index is -0.198. The number of morpholine rings is 1. The van der Waals surface area contributed by atoms with E-state index in [0.717, 1.165) is 30.2 Å². The smallest absolute Gasteiger partial charge is 0.262 e. The van der Waals surface area contributed by atoms with Gasteiger partial charge in [-0.1, -0.05) is 12.1 Å². The van der Waals surface area contributed by atoms with Crippen LogP contribution in [-0.4, -0.2) is 45.9 Å². The van der Waals surface area contributed by atoms with Crippen LogP contribution in [0.5, 0.6) is 11.5 Å². The highest BCUT2D eigenvalue weighted by Crippen LogP contribution is 2.26. The number of rotatable bonds is 6. The lowest BCUT2D eigenvalue weighted by molar-refractivity contribution is -0.118. The maximum Gasteiger partial charge on any atom is 0.262 e. The number of methoxy groups -OCH3 is 1. The zero-order valence-corrected chi connectivity index (χ0v) is 14.2. The van der Waals surface area contributed by atoms with Crippen LogP contribution in [0.2, 0.25) is 0 Å². The molecule has 3 rings (SSSR count). The number of nitrogens with one attached hydrogen (secondary N) is 1. The summed E-state index contributed by atoms with van der Waals surface area (Å²) in [5.41, 5.74) is 1.79. The van der Waals surface area contributed by atoms with Gasteiger partial charge in [0.1, 0.15) is 11.5 Å². The van der Waals surface area contributed by atoms with Crippen molar-refractivity contribution in [3.8, 4) is 11.5 Å². The van der Waals surface area contributed by atoms with E-state index in [1.165, 1.54) is 0 Å². The highest BCUT2D eigenvalue weighted by Gasteiger charge is 2.15. The van der Waals surface area contributed by atoms with Gasteiger partial charge < -0.3 is 24.4 Å². The van der Waals surface area contributed by atoms with E-state index < -0.39 is 0 Å².